The quantitative estimate of drug-likeness (QED) is 0.482. The molecule has 0 saturated heterocycles. The second-order valence-electron chi connectivity index (χ2n) is 2.15. The standard InChI is InChI=1S/C7H8ClNO3S.Na/c8-6-12-9-13(10,11)7-4-2-1-3-5-7;/h1-5,9H,6H2;. The Morgan fingerprint density at radius 3 is 2.36 bits per heavy atom. The van der Waals surface area contributed by atoms with Gasteiger partial charge in [0.15, 0.2) is 0 Å². The molecule has 1 aromatic rings. The molecule has 73 valence electrons. The van der Waals surface area contributed by atoms with Gasteiger partial charge in [-0.3, -0.25) is 4.84 Å². The van der Waals surface area contributed by atoms with Crippen LogP contribution in [0.25, 0.3) is 0 Å². The number of hydrogen-bond acceptors (Lipinski definition) is 3. The van der Waals surface area contributed by atoms with Gasteiger partial charge in [0.05, 0.1) is 4.90 Å². The summed E-state index contributed by atoms with van der Waals surface area (Å²) in [6.45, 7) is 0. The van der Waals surface area contributed by atoms with E-state index in [1.807, 2.05) is 4.89 Å². The molecule has 0 heterocycles. The van der Waals surface area contributed by atoms with Crippen molar-refractivity contribution in [1.29, 1.82) is 0 Å². The van der Waals surface area contributed by atoms with Gasteiger partial charge in [-0.2, -0.15) is 0 Å². The Hall–Kier alpha value is 0.380. The van der Waals surface area contributed by atoms with Crippen LogP contribution in [0.3, 0.4) is 0 Å². The van der Waals surface area contributed by atoms with Gasteiger partial charge in [0.2, 0.25) is 0 Å². The predicted molar refractivity (Wildman–Crippen MR) is 54.3 cm³/mol. The van der Waals surface area contributed by atoms with E-state index in [4.69, 9.17) is 11.6 Å². The molecule has 0 atom stereocenters. The summed E-state index contributed by atoms with van der Waals surface area (Å²) in [5.74, 6) is 0. The molecule has 1 aromatic carbocycles. The van der Waals surface area contributed by atoms with Crippen molar-refractivity contribution in [2.45, 2.75) is 4.90 Å². The molecular weight excluding hydrogens is 237 g/mol. The molecule has 0 saturated carbocycles. The maximum atomic E-state index is 11.3. The van der Waals surface area contributed by atoms with Crippen LogP contribution < -0.4 is 4.89 Å². The zero-order chi connectivity index (χ0) is 9.73. The molecule has 1 rings (SSSR count). The van der Waals surface area contributed by atoms with Crippen molar-refractivity contribution in [3.05, 3.63) is 30.3 Å². The summed E-state index contributed by atoms with van der Waals surface area (Å²) < 4.78 is 22.6. The minimum absolute atomic E-state index is 0. The van der Waals surface area contributed by atoms with Crippen LogP contribution in [0.2, 0.25) is 0 Å². The van der Waals surface area contributed by atoms with Gasteiger partial charge in [0.25, 0.3) is 10.0 Å². The Bertz CT molecular complexity index is 356. The first-order valence-corrected chi connectivity index (χ1v) is 5.43. The van der Waals surface area contributed by atoms with Crippen molar-refractivity contribution in [3.63, 3.8) is 0 Å². The molecule has 14 heavy (non-hydrogen) atoms. The van der Waals surface area contributed by atoms with E-state index >= 15 is 0 Å². The molecule has 0 spiro atoms. The van der Waals surface area contributed by atoms with Gasteiger partial charge in [-0.15, -0.1) is 0 Å². The molecule has 1 radical (unpaired) electrons. The van der Waals surface area contributed by atoms with Crippen molar-refractivity contribution in [3.8, 4) is 0 Å². The maximum Gasteiger partial charge on any atom is 0.262 e. The number of rotatable bonds is 4. The third-order valence-electron chi connectivity index (χ3n) is 1.28. The SMILES string of the molecule is O=S(=O)(NOCCl)c1ccccc1.[Na]. The van der Waals surface area contributed by atoms with E-state index in [0.29, 0.717) is 0 Å². The summed E-state index contributed by atoms with van der Waals surface area (Å²) in [4.78, 5) is 6.38. The molecule has 1 N–H and O–H groups in total. The summed E-state index contributed by atoms with van der Waals surface area (Å²) in [6, 6.07) is 7.65. The van der Waals surface area contributed by atoms with E-state index in [1.165, 1.54) is 12.1 Å². The van der Waals surface area contributed by atoms with E-state index in [0.717, 1.165) is 0 Å². The Morgan fingerprint density at radius 1 is 1.29 bits per heavy atom. The molecule has 4 nitrogen and oxygen atoms in total. The monoisotopic (exact) mass is 244 g/mol. The fraction of sp³-hybridized carbons (Fsp3) is 0.143. The summed E-state index contributed by atoms with van der Waals surface area (Å²) in [5.41, 5.74) is 0. The van der Waals surface area contributed by atoms with Crippen LogP contribution in [0.1, 0.15) is 0 Å². The van der Waals surface area contributed by atoms with Crippen LogP contribution in [0, 0.1) is 0 Å². The fourth-order valence-corrected chi connectivity index (χ4v) is 1.69. The molecule has 0 unspecified atom stereocenters. The molecule has 0 bridgehead atoms. The minimum Gasteiger partial charge on any atom is -0.271 e. The number of nitrogens with one attached hydrogen (secondary N) is 1. The third kappa shape index (κ3) is 4.27. The largest absolute Gasteiger partial charge is 0.271 e. The van der Waals surface area contributed by atoms with Crippen molar-refractivity contribution in [1.82, 2.24) is 4.89 Å². The van der Waals surface area contributed by atoms with Gasteiger partial charge in [0, 0.05) is 29.6 Å². The zero-order valence-corrected chi connectivity index (χ0v) is 11.2. The second kappa shape index (κ2) is 6.79. The van der Waals surface area contributed by atoms with Gasteiger partial charge < -0.3 is 0 Å². The normalized spacial score (nSPS) is 10.6. The summed E-state index contributed by atoms with van der Waals surface area (Å²) >= 11 is 5.15. The molecule has 0 amide bonds. The van der Waals surface area contributed by atoms with E-state index < -0.39 is 10.0 Å². The number of benzene rings is 1. The van der Waals surface area contributed by atoms with Gasteiger partial charge in [-0.05, 0) is 12.1 Å². The number of sulfonamides is 1. The van der Waals surface area contributed by atoms with Gasteiger partial charge >= 0.3 is 0 Å². The Kier molecular flexibility index (Phi) is 6.97. The molecule has 0 aliphatic carbocycles. The predicted octanol–water partition coefficient (Wildman–Crippen LogP) is 0.712. The van der Waals surface area contributed by atoms with Crippen LogP contribution in [-0.4, -0.2) is 44.0 Å². The molecule has 0 aliphatic rings. The Morgan fingerprint density at radius 2 is 1.86 bits per heavy atom. The molecule has 0 aromatic heterocycles. The first-order chi connectivity index (χ1) is 6.17. The first-order valence-electron chi connectivity index (χ1n) is 3.41. The fourth-order valence-electron chi connectivity index (χ4n) is 0.748. The smallest absolute Gasteiger partial charge is 0.262 e. The van der Waals surface area contributed by atoms with Crippen LogP contribution in [-0.2, 0) is 14.9 Å². The van der Waals surface area contributed by atoms with Gasteiger partial charge in [-0.1, -0.05) is 34.7 Å². The number of hydrogen-bond donors (Lipinski definition) is 1. The van der Waals surface area contributed by atoms with E-state index in [-0.39, 0.29) is 40.5 Å². The average Bonchev–Trinajstić information content (AvgIpc) is 2.16. The number of halogens is 1. The maximum absolute atomic E-state index is 11.3. The van der Waals surface area contributed by atoms with E-state index in [2.05, 4.69) is 4.84 Å². The van der Waals surface area contributed by atoms with Crippen LogP contribution >= 0.6 is 11.6 Å². The van der Waals surface area contributed by atoms with Crippen molar-refractivity contribution in [2.75, 3.05) is 6.07 Å². The van der Waals surface area contributed by atoms with E-state index in [1.54, 1.807) is 18.2 Å². The van der Waals surface area contributed by atoms with Crippen LogP contribution in [0.15, 0.2) is 35.2 Å². The average molecular weight is 245 g/mol. The topological polar surface area (TPSA) is 55.4 Å². The molecular formula is C7H8ClNNaO3S. The van der Waals surface area contributed by atoms with E-state index in [9.17, 15) is 8.42 Å². The molecule has 7 heteroatoms. The summed E-state index contributed by atoms with van der Waals surface area (Å²) in [5, 5.41) is 0. The second-order valence-corrected chi connectivity index (χ2v) is 4.02. The number of alkyl halides is 1. The van der Waals surface area contributed by atoms with Crippen molar-refractivity contribution < 1.29 is 13.3 Å². The molecule has 0 fully saturated rings. The van der Waals surface area contributed by atoms with Gasteiger partial charge in [0.1, 0.15) is 6.07 Å². The Labute approximate surface area is 110 Å². The zero-order valence-electron chi connectivity index (χ0n) is 7.60. The summed E-state index contributed by atoms with van der Waals surface area (Å²) in [7, 11) is -3.58. The van der Waals surface area contributed by atoms with Crippen molar-refractivity contribution in [2.24, 2.45) is 0 Å². The first kappa shape index (κ1) is 14.4. The molecule has 0 aliphatic heterocycles. The minimum atomic E-state index is -3.58. The summed E-state index contributed by atoms with van der Waals surface area (Å²) in [6.07, 6.45) is 0. The van der Waals surface area contributed by atoms with Gasteiger partial charge in [-0.25, -0.2) is 8.42 Å². The third-order valence-corrected chi connectivity index (χ3v) is 2.62. The van der Waals surface area contributed by atoms with Crippen molar-refractivity contribution >= 4 is 51.2 Å². The Balaban J connectivity index is 0.00000169. The van der Waals surface area contributed by atoms with Crippen LogP contribution in [0.4, 0.5) is 0 Å². The van der Waals surface area contributed by atoms with Crippen LogP contribution in [0.5, 0.6) is 0 Å².